The zero-order valence-electron chi connectivity index (χ0n) is 10.7. The van der Waals surface area contributed by atoms with Crippen molar-refractivity contribution < 1.29 is 18.3 Å². The van der Waals surface area contributed by atoms with E-state index in [0.717, 1.165) is 22.6 Å². The lowest BCUT2D eigenvalue weighted by Crippen LogP contribution is -2.54. The van der Waals surface area contributed by atoms with Crippen LogP contribution in [0.3, 0.4) is 0 Å². The van der Waals surface area contributed by atoms with Crippen LogP contribution in [0.1, 0.15) is 18.1 Å². The van der Waals surface area contributed by atoms with E-state index >= 15 is 0 Å². The highest BCUT2D eigenvalue weighted by Gasteiger charge is 2.50. The van der Waals surface area contributed by atoms with E-state index in [4.69, 9.17) is 0 Å². The molecule has 1 heterocycles. The molecule has 0 saturated heterocycles. The first-order valence-electron chi connectivity index (χ1n) is 5.99. The van der Waals surface area contributed by atoms with Crippen LogP contribution < -0.4 is 5.32 Å². The summed E-state index contributed by atoms with van der Waals surface area (Å²) < 4.78 is 38.8. The van der Waals surface area contributed by atoms with Crippen molar-refractivity contribution in [1.82, 2.24) is 5.32 Å². The fraction of sp³-hybridized carbons (Fsp3) is 0.538. The summed E-state index contributed by atoms with van der Waals surface area (Å²) in [5.74, 6) is 0.940. The molecule has 0 saturated carbocycles. The van der Waals surface area contributed by atoms with Crippen molar-refractivity contribution >= 4 is 11.8 Å². The Morgan fingerprint density at radius 3 is 2.63 bits per heavy atom. The zero-order valence-corrected chi connectivity index (χ0v) is 11.5. The fourth-order valence-corrected chi connectivity index (χ4v) is 3.52. The van der Waals surface area contributed by atoms with Crippen LogP contribution in [0.2, 0.25) is 0 Å². The number of fused-ring (bicyclic) bond motifs is 1. The van der Waals surface area contributed by atoms with Crippen molar-refractivity contribution in [3.8, 4) is 0 Å². The van der Waals surface area contributed by atoms with E-state index in [0.29, 0.717) is 0 Å². The normalized spacial score (nSPS) is 19.9. The Balaban J connectivity index is 2.38. The van der Waals surface area contributed by atoms with Crippen molar-refractivity contribution in [3.05, 3.63) is 29.3 Å². The summed E-state index contributed by atoms with van der Waals surface area (Å²) in [6.45, 7) is 1.20. The Kier molecular flexibility index (Phi) is 3.86. The van der Waals surface area contributed by atoms with Crippen LogP contribution in [0.5, 0.6) is 0 Å². The Morgan fingerprint density at radius 2 is 2.05 bits per heavy atom. The van der Waals surface area contributed by atoms with Gasteiger partial charge in [0.1, 0.15) is 11.6 Å². The minimum absolute atomic E-state index is 0.289. The predicted molar refractivity (Wildman–Crippen MR) is 69.3 cm³/mol. The summed E-state index contributed by atoms with van der Waals surface area (Å²) in [7, 11) is 1.20. The number of hydrogen-bond acceptors (Lipinski definition) is 3. The molecule has 2 atom stereocenters. The molecule has 1 aliphatic heterocycles. The van der Waals surface area contributed by atoms with E-state index in [1.54, 1.807) is 23.9 Å². The minimum Gasteiger partial charge on any atom is -0.383 e. The van der Waals surface area contributed by atoms with Crippen molar-refractivity contribution in [2.75, 3.05) is 12.8 Å². The third-order valence-electron chi connectivity index (χ3n) is 3.46. The number of benzene rings is 1. The highest BCUT2D eigenvalue weighted by atomic mass is 32.2. The molecule has 2 unspecified atom stereocenters. The molecule has 0 amide bonds. The van der Waals surface area contributed by atoms with Gasteiger partial charge in [0.2, 0.25) is 0 Å². The molecule has 0 spiro atoms. The molecule has 0 fully saturated rings. The lowest BCUT2D eigenvalue weighted by atomic mass is 9.87. The summed E-state index contributed by atoms with van der Waals surface area (Å²) in [6, 6.07) is 3.07. The lowest BCUT2D eigenvalue weighted by Gasteiger charge is -2.34. The van der Waals surface area contributed by atoms with Gasteiger partial charge in [0.25, 0.3) is 0 Å². The smallest absolute Gasteiger partial charge is 0.383 e. The molecular formula is C13H16F3NOS. The molecule has 2 rings (SSSR count). The van der Waals surface area contributed by atoms with Crippen molar-refractivity contribution in [1.29, 1.82) is 0 Å². The summed E-state index contributed by atoms with van der Waals surface area (Å²) in [6.07, 6.45) is -3.58. The van der Waals surface area contributed by atoms with Gasteiger partial charge in [0, 0.05) is 10.6 Å². The van der Waals surface area contributed by atoms with Gasteiger partial charge < -0.3 is 10.4 Å². The Labute approximate surface area is 114 Å². The highest BCUT2D eigenvalue weighted by molar-refractivity contribution is 7.99. The molecule has 0 radical (unpaired) electrons. The summed E-state index contributed by atoms with van der Waals surface area (Å²) in [4.78, 5) is 0.967. The summed E-state index contributed by atoms with van der Waals surface area (Å²) in [5.41, 5.74) is -0.569. The number of halogens is 3. The van der Waals surface area contributed by atoms with Crippen LogP contribution in [0.25, 0.3) is 0 Å². The minimum atomic E-state index is -4.51. The summed E-state index contributed by atoms with van der Waals surface area (Å²) >= 11 is 1.61. The monoisotopic (exact) mass is 291 g/mol. The first-order valence-corrected chi connectivity index (χ1v) is 6.98. The van der Waals surface area contributed by atoms with Crippen molar-refractivity contribution in [3.63, 3.8) is 0 Å². The number of alkyl halides is 3. The Hall–Kier alpha value is -0.720. The first kappa shape index (κ1) is 14.7. The van der Waals surface area contributed by atoms with E-state index < -0.39 is 17.8 Å². The van der Waals surface area contributed by atoms with Gasteiger partial charge in [-0.15, -0.1) is 11.8 Å². The molecule has 2 N–H and O–H groups in total. The maximum absolute atomic E-state index is 12.9. The topological polar surface area (TPSA) is 32.3 Å². The molecule has 0 bridgehead atoms. The third kappa shape index (κ3) is 2.75. The Bertz CT molecular complexity index is 473. The van der Waals surface area contributed by atoms with Crippen molar-refractivity contribution in [2.24, 2.45) is 0 Å². The molecule has 106 valence electrons. The van der Waals surface area contributed by atoms with Gasteiger partial charge in [-0.05, 0) is 37.6 Å². The number of aryl methyl sites for hydroxylation is 1. The largest absolute Gasteiger partial charge is 0.406 e. The van der Waals surface area contributed by atoms with E-state index in [1.165, 1.54) is 14.0 Å². The highest BCUT2D eigenvalue weighted by Crippen LogP contribution is 2.38. The van der Waals surface area contributed by atoms with Crippen LogP contribution in [-0.2, 0) is 12.0 Å². The number of thioether (sulfide) groups is 1. The number of likely N-dealkylation sites (N-methyl/N-ethyl adjacent to an activating group) is 1. The molecule has 0 aliphatic carbocycles. The van der Waals surface area contributed by atoms with E-state index in [2.05, 4.69) is 5.32 Å². The van der Waals surface area contributed by atoms with Gasteiger partial charge in [-0.2, -0.15) is 13.2 Å². The third-order valence-corrected chi connectivity index (χ3v) is 4.56. The first-order chi connectivity index (χ1) is 8.76. The van der Waals surface area contributed by atoms with Gasteiger partial charge in [0.15, 0.2) is 0 Å². The average Bonchev–Trinajstić information content (AvgIpc) is 2.73. The summed E-state index contributed by atoms with van der Waals surface area (Å²) in [5, 5.41) is 12.5. The standard InChI is InChI=1S/C13H16F3NOS/c1-12(18,11(17-2)13(14,15)16)9-4-3-8-5-6-19-10(8)7-9/h3-4,7,11,17-18H,5-6H2,1-2H3. The number of rotatable bonds is 3. The second kappa shape index (κ2) is 5.00. The van der Waals surface area contributed by atoms with Gasteiger partial charge in [-0.1, -0.05) is 12.1 Å². The van der Waals surface area contributed by atoms with Crippen LogP contribution in [0.4, 0.5) is 13.2 Å². The predicted octanol–water partition coefficient (Wildman–Crippen LogP) is 2.69. The number of nitrogens with one attached hydrogen (secondary N) is 1. The van der Waals surface area contributed by atoms with Gasteiger partial charge in [-0.3, -0.25) is 0 Å². The molecule has 1 aliphatic rings. The molecule has 6 heteroatoms. The zero-order chi connectivity index (χ0) is 14.3. The molecular weight excluding hydrogens is 275 g/mol. The van der Waals surface area contributed by atoms with Gasteiger partial charge in [0.05, 0.1) is 0 Å². The quantitative estimate of drug-likeness (QED) is 0.898. The van der Waals surface area contributed by atoms with Crippen LogP contribution in [0, 0.1) is 0 Å². The van der Waals surface area contributed by atoms with E-state index in [9.17, 15) is 18.3 Å². The lowest BCUT2D eigenvalue weighted by molar-refractivity contribution is -0.200. The maximum atomic E-state index is 12.9. The second-order valence-electron chi connectivity index (χ2n) is 4.83. The Morgan fingerprint density at radius 1 is 1.37 bits per heavy atom. The van der Waals surface area contributed by atoms with Crippen LogP contribution in [0.15, 0.2) is 23.1 Å². The van der Waals surface area contributed by atoms with Gasteiger partial charge >= 0.3 is 6.18 Å². The van der Waals surface area contributed by atoms with Crippen molar-refractivity contribution in [2.45, 2.75) is 36.1 Å². The van der Waals surface area contributed by atoms with E-state index in [-0.39, 0.29) is 5.56 Å². The molecule has 2 nitrogen and oxygen atoms in total. The maximum Gasteiger partial charge on any atom is 0.406 e. The fourth-order valence-electron chi connectivity index (χ4n) is 2.41. The molecule has 0 aromatic heterocycles. The molecule has 1 aromatic rings. The molecule has 19 heavy (non-hydrogen) atoms. The number of aliphatic hydroxyl groups is 1. The van der Waals surface area contributed by atoms with Crippen LogP contribution >= 0.6 is 11.8 Å². The number of hydrogen-bond donors (Lipinski definition) is 2. The van der Waals surface area contributed by atoms with Gasteiger partial charge in [-0.25, -0.2) is 0 Å². The second-order valence-corrected chi connectivity index (χ2v) is 5.97. The SMILES string of the molecule is CNC(C(F)(F)F)C(C)(O)c1ccc2c(c1)SCC2. The molecule has 1 aromatic carbocycles. The average molecular weight is 291 g/mol. The van der Waals surface area contributed by atoms with Crippen LogP contribution in [-0.4, -0.2) is 30.1 Å². The van der Waals surface area contributed by atoms with E-state index in [1.807, 2.05) is 6.07 Å².